The fraction of sp³-hybridized carbons (Fsp3) is 0.343. The number of hydrogen-bond acceptors (Lipinski definition) is 14. The van der Waals surface area contributed by atoms with Gasteiger partial charge in [0.1, 0.15) is 0 Å². The van der Waals surface area contributed by atoms with Gasteiger partial charge in [-0.15, -0.1) is 26.8 Å². The highest BCUT2D eigenvalue weighted by Gasteiger charge is 2.36. The number of piperazine rings is 2. The molecule has 2 amide bonds. The summed E-state index contributed by atoms with van der Waals surface area (Å²) in [6, 6.07) is 23.6. The molecule has 3 aliphatic heterocycles. The fourth-order valence-corrected chi connectivity index (χ4v) is 10.4. The lowest BCUT2D eigenvalue weighted by Gasteiger charge is -2.33. The second-order valence-electron chi connectivity index (χ2n) is 22.4. The van der Waals surface area contributed by atoms with Crippen molar-refractivity contribution < 1.29 is 60.1 Å². The number of ether oxygens (including phenoxy) is 2. The molecular weight excluding hydrogens is 1280 g/mol. The maximum Gasteiger partial charge on any atom is 0.416 e. The van der Waals surface area contributed by atoms with Crippen molar-refractivity contribution in [2.24, 2.45) is 0 Å². The van der Waals surface area contributed by atoms with Gasteiger partial charge in [0.05, 0.1) is 35.0 Å². The first kappa shape index (κ1) is 69.9. The number of carboxylic acids is 1. The number of carboxylic acid groups (broad SMARTS) is 1. The number of aryl methyl sites for hydroxylation is 2. The maximum absolute atomic E-state index is 14.0. The number of likely N-dealkylation sites (N-methyl/N-ethyl adjacent to an activating group) is 2. The highest BCUT2D eigenvalue weighted by Crippen LogP contribution is 2.36. The molecule has 93 heavy (non-hydrogen) atoms. The number of benzene rings is 4. The number of rotatable bonds is 11. The molecular formula is C67H69BrF6N12O7. The lowest BCUT2D eigenvalue weighted by molar-refractivity contribution is -0.139. The van der Waals surface area contributed by atoms with Crippen molar-refractivity contribution in [3.8, 4) is 24.2 Å². The molecule has 7 heterocycles. The van der Waals surface area contributed by atoms with Crippen LogP contribution in [0, 0.1) is 38.0 Å². The number of anilines is 2. The number of fused-ring (bicyclic) bond motifs is 2. The molecule has 19 nitrogen and oxygen atoms in total. The zero-order chi connectivity index (χ0) is 67.1. The number of aromatic carboxylic acids is 1. The number of carbonyl (C=O) groups excluding carboxylic acids is 3. The number of hydrogen-bond donors (Lipinski definition) is 3. The minimum Gasteiger partial charge on any atom is -0.478 e. The van der Waals surface area contributed by atoms with Crippen LogP contribution in [0.25, 0.3) is 11.3 Å². The summed E-state index contributed by atoms with van der Waals surface area (Å²) in [5.41, 5.74) is 3.68. The van der Waals surface area contributed by atoms with Crippen LogP contribution in [0.2, 0.25) is 0 Å². The van der Waals surface area contributed by atoms with Gasteiger partial charge in [0.25, 0.3) is 11.8 Å². The van der Waals surface area contributed by atoms with E-state index in [0.717, 1.165) is 69.1 Å². The van der Waals surface area contributed by atoms with Gasteiger partial charge in [0, 0.05) is 118 Å². The van der Waals surface area contributed by atoms with Crippen LogP contribution in [0.15, 0.2) is 114 Å². The summed E-state index contributed by atoms with van der Waals surface area (Å²) in [6.45, 7) is 15.3. The molecule has 3 fully saturated rings. The van der Waals surface area contributed by atoms with Crippen LogP contribution in [0.5, 0.6) is 0 Å². The van der Waals surface area contributed by atoms with Crippen molar-refractivity contribution in [2.75, 3.05) is 90.3 Å². The summed E-state index contributed by atoms with van der Waals surface area (Å²) >= 11 is 3.23. The topological polar surface area (TPSA) is 204 Å². The van der Waals surface area contributed by atoms with Gasteiger partial charge < -0.3 is 35.0 Å². The third-order valence-electron chi connectivity index (χ3n) is 15.5. The normalized spacial score (nSPS) is 15.5. The fourth-order valence-electron chi connectivity index (χ4n) is 10.0. The second kappa shape index (κ2) is 31.5. The van der Waals surface area contributed by atoms with Gasteiger partial charge in [-0.25, -0.2) is 9.59 Å². The number of aromatic nitrogens is 6. The second-order valence-corrected chi connectivity index (χ2v) is 23.1. The Morgan fingerprint density at radius 2 is 1.14 bits per heavy atom. The van der Waals surface area contributed by atoms with Crippen LogP contribution < -0.4 is 10.6 Å². The van der Waals surface area contributed by atoms with Gasteiger partial charge in [-0.2, -0.15) is 26.3 Å². The molecule has 0 bridgehead atoms. The third kappa shape index (κ3) is 19.3. The minimum atomic E-state index is -4.57. The van der Waals surface area contributed by atoms with Crippen LogP contribution >= 0.6 is 15.9 Å². The van der Waals surface area contributed by atoms with E-state index in [4.69, 9.17) is 21.0 Å². The minimum absolute atomic E-state index is 0.0401. The van der Waals surface area contributed by atoms with Crippen molar-refractivity contribution in [2.45, 2.75) is 72.1 Å². The number of carbonyl (C=O) groups is 4. The van der Waals surface area contributed by atoms with E-state index < -0.39 is 41.3 Å². The molecule has 1 unspecified atom stereocenters. The van der Waals surface area contributed by atoms with Crippen LogP contribution in [-0.2, 0) is 34.9 Å². The first-order valence-electron chi connectivity index (χ1n) is 29.7. The van der Waals surface area contributed by atoms with Gasteiger partial charge in [-0.3, -0.25) is 28.2 Å². The molecule has 11 rings (SSSR count). The van der Waals surface area contributed by atoms with Crippen LogP contribution in [0.4, 0.5) is 37.7 Å². The van der Waals surface area contributed by atoms with Crippen molar-refractivity contribution in [1.29, 1.82) is 0 Å². The average Bonchev–Trinajstić information content (AvgIpc) is 1.90. The van der Waals surface area contributed by atoms with E-state index in [9.17, 15) is 45.5 Å². The van der Waals surface area contributed by atoms with Crippen molar-refractivity contribution in [1.82, 2.24) is 48.8 Å². The molecule has 3 aliphatic rings. The van der Waals surface area contributed by atoms with Crippen molar-refractivity contribution >= 4 is 62.4 Å². The van der Waals surface area contributed by atoms with Crippen LogP contribution in [0.1, 0.15) is 118 Å². The largest absolute Gasteiger partial charge is 0.478 e. The SMILES string of the molecule is C#Cc1cc(C(=O)Nc2ccc(CN3CCN(C)CC3)c(C(F)(F)F)c2)ccc1C.CC1CCCO1.CCOC(=O)c1ccn2c(Br)nnc2c1.Cc1ccc(C(=O)Nc2ccc(CN3CCN(C)CC3)c(C(F)(F)F)c2)cc1C#Cc1nnc2cc(C(=O)O)ccn12. The molecule has 8 aromatic rings. The number of pyridine rings is 2. The van der Waals surface area contributed by atoms with Gasteiger partial charge in [-0.05, 0) is 172 Å². The molecule has 0 spiro atoms. The van der Waals surface area contributed by atoms with E-state index in [1.54, 1.807) is 66.1 Å². The van der Waals surface area contributed by atoms with Crippen molar-refractivity contribution in [3.63, 3.8) is 0 Å². The Labute approximate surface area is 542 Å². The van der Waals surface area contributed by atoms with E-state index >= 15 is 0 Å². The number of nitrogens with one attached hydrogen (secondary N) is 2. The van der Waals surface area contributed by atoms with E-state index in [2.05, 4.69) is 81.4 Å². The summed E-state index contributed by atoms with van der Waals surface area (Å²) in [6.07, 6.45) is 2.64. The number of alkyl halides is 6. The zero-order valence-electron chi connectivity index (χ0n) is 52.0. The molecule has 0 radical (unpaired) electrons. The van der Waals surface area contributed by atoms with Gasteiger partial charge >= 0.3 is 24.3 Å². The Bertz CT molecular complexity index is 4100. The molecule has 488 valence electrons. The highest BCUT2D eigenvalue weighted by molar-refractivity contribution is 9.10. The number of amides is 2. The molecule has 26 heteroatoms. The molecule has 0 saturated carbocycles. The quantitative estimate of drug-likeness (QED) is 0.0626. The standard InChI is InChI=1S/C30H27F3N6O3.C23H24F3N3O.C9H8BrN3O2.C5H10O/c1-19-3-4-21(15-20(19)6-8-26-35-36-27-16-22(29(41)42)9-10-39(26)27)28(40)34-24-7-5-23(25(17-24)30(31,32)33)18-38-13-11-37(2)12-14-38;1-4-17-13-18(6-5-16(17)2)22(30)27-20-8-7-19(21(14-20)23(24,25)26)15-29-11-9-28(3)10-12-29;1-2-15-8(14)6-3-4-13-7(5-6)11-12-9(13)10;1-5-3-2-4-6-5/h3-5,7,9-10,15-17H,11-14,18H2,1-2H3,(H,34,40)(H,41,42);1,5-8,13-14H,9-12,15H2,2-3H3,(H,27,30);3-5H,2H2,1H3;5H,2-4H2,1H3. The Balaban J connectivity index is 0.000000187. The number of terminal acetylenes is 1. The molecule has 3 N–H and O–H groups in total. The number of nitrogens with zero attached hydrogens (tertiary/aromatic N) is 10. The van der Waals surface area contributed by atoms with E-state index in [1.807, 2.05) is 37.7 Å². The van der Waals surface area contributed by atoms with Crippen LogP contribution in [0.3, 0.4) is 0 Å². The average molecular weight is 1350 g/mol. The smallest absolute Gasteiger partial charge is 0.416 e. The predicted octanol–water partition coefficient (Wildman–Crippen LogP) is 11.0. The van der Waals surface area contributed by atoms with Crippen molar-refractivity contribution in [3.05, 3.63) is 187 Å². The van der Waals surface area contributed by atoms with Gasteiger partial charge in [0.2, 0.25) is 10.6 Å². The Hall–Kier alpha value is -9.02. The summed E-state index contributed by atoms with van der Waals surface area (Å²) in [7, 11) is 3.98. The highest BCUT2D eigenvalue weighted by atomic mass is 79.9. The lowest BCUT2D eigenvalue weighted by atomic mass is 10.0. The lowest BCUT2D eigenvalue weighted by Crippen LogP contribution is -2.44. The maximum atomic E-state index is 14.0. The van der Waals surface area contributed by atoms with E-state index in [-0.39, 0.29) is 58.5 Å². The number of esters is 1. The monoisotopic (exact) mass is 1350 g/mol. The molecule has 4 aromatic heterocycles. The van der Waals surface area contributed by atoms with E-state index in [1.165, 1.54) is 59.8 Å². The van der Waals surface area contributed by atoms with Gasteiger partial charge in [0.15, 0.2) is 11.3 Å². The first-order valence-corrected chi connectivity index (χ1v) is 30.5. The molecule has 1 atom stereocenters. The molecule has 0 aliphatic carbocycles. The summed E-state index contributed by atoms with van der Waals surface area (Å²) in [5.74, 6) is 6.09. The predicted molar refractivity (Wildman–Crippen MR) is 342 cm³/mol. The first-order chi connectivity index (χ1) is 44.3. The summed E-state index contributed by atoms with van der Waals surface area (Å²) in [5, 5.41) is 29.9. The van der Waals surface area contributed by atoms with Crippen LogP contribution in [-0.4, -0.2) is 163 Å². The zero-order valence-corrected chi connectivity index (χ0v) is 53.5. The Morgan fingerprint density at radius 3 is 1.62 bits per heavy atom. The summed E-state index contributed by atoms with van der Waals surface area (Å²) < 4.78 is 96.8. The Kier molecular flexibility index (Phi) is 23.7. The summed E-state index contributed by atoms with van der Waals surface area (Å²) in [4.78, 5) is 56.4. The van der Waals surface area contributed by atoms with E-state index in [0.29, 0.717) is 64.1 Å². The third-order valence-corrected chi connectivity index (χ3v) is 16.0. The number of halogens is 7. The molecule has 4 aromatic carbocycles. The molecule has 3 saturated heterocycles. The van der Waals surface area contributed by atoms with Gasteiger partial charge in [-0.1, -0.05) is 36.1 Å². The Morgan fingerprint density at radius 1 is 0.645 bits per heavy atom.